The quantitative estimate of drug-likeness (QED) is 0.655. The molecule has 3 aromatic rings. The van der Waals surface area contributed by atoms with E-state index in [1.54, 1.807) is 25.1 Å². The fourth-order valence-electron chi connectivity index (χ4n) is 2.65. The molecule has 0 aliphatic carbocycles. The van der Waals surface area contributed by atoms with Crippen molar-refractivity contribution in [1.29, 1.82) is 0 Å². The van der Waals surface area contributed by atoms with Gasteiger partial charge < -0.3 is 4.74 Å². The van der Waals surface area contributed by atoms with Crippen molar-refractivity contribution in [3.05, 3.63) is 53.9 Å². The van der Waals surface area contributed by atoms with Crippen LogP contribution in [0.3, 0.4) is 0 Å². The van der Waals surface area contributed by atoms with Crippen molar-refractivity contribution in [3.8, 4) is 22.8 Å². The lowest BCUT2D eigenvalue weighted by atomic mass is 10.0. The van der Waals surface area contributed by atoms with Gasteiger partial charge in [-0.3, -0.25) is 0 Å². The predicted octanol–water partition coefficient (Wildman–Crippen LogP) is 3.67. The van der Waals surface area contributed by atoms with Crippen LogP contribution in [0, 0.1) is 6.92 Å². The van der Waals surface area contributed by atoms with E-state index in [0.717, 1.165) is 23.2 Å². The first-order valence-corrected chi connectivity index (χ1v) is 9.88. The van der Waals surface area contributed by atoms with Crippen LogP contribution >= 0.6 is 0 Å². The fourth-order valence-corrected chi connectivity index (χ4v) is 3.21. The van der Waals surface area contributed by atoms with Gasteiger partial charge in [0, 0.05) is 18.0 Å². The Bertz CT molecular complexity index is 1120. The predicted molar refractivity (Wildman–Crippen MR) is 96.2 cm³/mol. The van der Waals surface area contributed by atoms with Gasteiger partial charge in [-0.15, -0.1) is 0 Å². The number of aryl methyl sites for hydroxylation is 1. The first kappa shape index (κ1) is 19.9. The van der Waals surface area contributed by atoms with Gasteiger partial charge in [-0.2, -0.15) is 18.3 Å². The summed E-state index contributed by atoms with van der Waals surface area (Å²) in [5, 5.41) is 3.65. The van der Waals surface area contributed by atoms with Crippen LogP contribution in [0.1, 0.15) is 11.3 Å². The van der Waals surface area contributed by atoms with Crippen LogP contribution in [0.4, 0.5) is 13.2 Å². The fraction of sp³-hybridized carbons (Fsp3) is 0.222. The van der Waals surface area contributed by atoms with Crippen LogP contribution in [0.5, 0.6) is 5.75 Å². The Hall–Kier alpha value is -2.88. The summed E-state index contributed by atoms with van der Waals surface area (Å²) < 4.78 is 69.1. The maximum atomic E-state index is 13.3. The summed E-state index contributed by atoms with van der Waals surface area (Å²) in [6.07, 6.45) is -2.54. The Morgan fingerprint density at radius 1 is 1.11 bits per heavy atom. The second-order valence-corrected chi connectivity index (χ2v) is 8.15. The summed E-state index contributed by atoms with van der Waals surface area (Å²) >= 11 is 0. The molecule has 28 heavy (non-hydrogen) atoms. The first-order chi connectivity index (χ1) is 13.0. The molecule has 0 unspecified atom stereocenters. The zero-order valence-electron chi connectivity index (χ0n) is 15.1. The molecule has 0 aliphatic rings. The van der Waals surface area contributed by atoms with E-state index in [2.05, 4.69) is 10.1 Å². The van der Waals surface area contributed by atoms with Crippen LogP contribution in [0.2, 0.25) is 0 Å². The maximum Gasteiger partial charge on any atom is 0.435 e. The van der Waals surface area contributed by atoms with Crippen LogP contribution in [-0.4, -0.2) is 36.5 Å². The second-order valence-electron chi connectivity index (χ2n) is 6.13. The van der Waals surface area contributed by atoms with Crippen LogP contribution in [0.25, 0.3) is 17.1 Å². The van der Waals surface area contributed by atoms with E-state index < -0.39 is 21.7 Å². The van der Waals surface area contributed by atoms with E-state index in [1.807, 2.05) is 0 Å². The molecule has 148 valence electrons. The number of sulfone groups is 1. The van der Waals surface area contributed by atoms with Crippen LogP contribution in [0.15, 0.2) is 47.5 Å². The number of methoxy groups -OCH3 is 1. The first-order valence-electron chi connectivity index (χ1n) is 7.99. The topological polar surface area (TPSA) is 74.1 Å². The molecular formula is C18H16F3N3O3S. The van der Waals surface area contributed by atoms with E-state index in [-0.39, 0.29) is 16.4 Å². The molecule has 6 nitrogen and oxygen atoms in total. The Morgan fingerprint density at radius 2 is 1.82 bits per heavy atom. The van der Waals surface area contributed by atoms with Crippen LogP contribution < -0.4 is 4.74 Å². The highest BCUT2D eigenvalue weighted by atomic mass is 32.2. The van der Waals surface area contributed by atoms with E-state index >= 15 is 0 Å². The number of hydrogen-bond acceptors (Lipinski definition) is 5. The molecule has 0 spiro atoms. The molecule has 2 aromatic heterocycles. The number of ether oxygens (including phenoxy) is 1. The number of rotatable bonds is 4. The highest BCUT2D eigenvalue weighted by molar-refractivity contribution is 7.90. The van der Waals surface area contributed by atoms with E-state index in [4.69, 9.17) is 4.74 Å². The summed E-state index contributed by atoms with van der Waals surface area (Å²) in [6, 6.07) is 8.48. The number of alkyl halides is 3. The number of hydrogen-bond donors (Lipinski definition) is 0. The zero-order chi connectivity index (χ0) is 20.7. The number of benzene rings is 1. The van der Waals surface area contributed by atoms with Crippen LogP contribution in [-0.2, 0) is 16.0 Å². The lowest BCUT2D eigenvalue weighted by Crippen LogP contribution is -2.08. The summed E-state index contributed by atoms with van der Waals surface area (Å²) in [7, 11) is -1.99. The molecule has 0 radical (unpaired) electrons. The van der Waals surface area contributed by atoms with Crippen molar-refractivity contribution in [1.82, 2.24) is 14.8 Å². The summed E-state index contributed by atoms with van der Waals surface area (Å²) in [5.74, 6) is 0.632. The number of nitrogens with zero attached hydrogens (tertiary/aromatic N) is 3. The molecule has 2 heterocycles. The molecule has 0 amide bonds. The molecule has 0 saturated carbocycles. The minimum absolute atomic E-state index is 0.0402. The Labute approximate surface area is 159 Å². The van der Waals surface area contributed by atoms with Crippen molar-refractivity contribution in [2.24, 2.45) is 0 Å². The van der Waals surface area contributed by atoms with Crippen molar-refractivity contribution in [2.45, 2.75) is 18.0 Å². The monoisotopic (exact) mass is 411 g/mol. The molecular weight excluding hydrogens is 395 g/mol. The van der Waals surface area contributed by atoms with E-state index in [1.165, 1.54) is 19.2 Å². The smallest absolute Gasteiger partial charge is 0.435 e. The molecule has 3 rings (SSSR count). The van der Waals surface area contributed by atoms with Crippen molar-refractivity contribution in [3.63, 3.8) is 0 Å². The number of aromatic nitrogens is 3. The Morgan fingerprint density at radius 3 is 2.32 bits per heavy atom. The molecule has 0 atom stereocenters. The molecule has 10 heteroatoms. The van der Waals surface area contributed by atoms with Gasteiger partial charge in [-0.05, 0) is 48.9 Å². The second kappa shape index (κ2) is 6.93. The third-order valence-corrected chi connectivity index (χ3v) is 5.17. The van der Waals surface area contributed by atoms with Gasteiger partial charge in [-0.25, -0.2) is 18.1 Å². The zero-order valence-corrected chi connectivity index (χ0v) is 16.0. The third-order valence-electron chi connectivity index (χ3n) is 4.08. The standard InChI is InChI=1S/C18H16F3N3O3S/c1-11-8-12(27-2)4-6-14(11)15-9-16(18(19,20)21)23-24(15)17-7-5-13(10-22-17)28(3,25)26/h4-10H,1-3H3. The minimum Gasteiger partial charge on any atom is -0.497 e. The van der Waals surface area contributed by atoms with E-state index in [9.17, 15) is 21.6 Å². The average molecular weight is 411 g/mol. The summed E-state index contributed by atoms with van der Waals surface area (Å²) in [4.78, 5) is 3.95. The largest absolute Gasteiger partial charge is 0.497 e. The van der Waals surface area contributed by atoms with Gasteiger partial charge in [0.25, 0.3) is 0 Å². The lowest BCUT2D eigenvalue weighted by Gasteiger charge is -2.11. The summed E-state index contributed by atoms with van der Waals surface area (Å²) in [6.45, 7) is 1.74. The normalized spacial score (nSPS) is 12.2. The molecule has 0 aliphatic heterocycles. The SMILES string of the molecule is COc1ccc(-c2cc(C(F)(F)F)nn2-c2ccc(S(C)(=O)=O)cn2)c(C)c1. The van der Waals surface area contributed by atoms with Gasteiger partial charge in [-0.1, -0.05) is 0 Å². The third kappa shape index (κ3) is 3.86. The summed E-state index contributed by atoms with van der Waals surface area (Å²) in [5.41, 5.74) is 0.290. The van der Waals surface area contributed by atoms with Gasteiger partial charge in [0.05, 0.1) is 17.7 Å². The van der Waals surface area contributed by atoms with Gasteiger partial charge in [0.2, 0.25) is 0 Å². The molecule has 1 aromatic carbocycles. The van der Waals surface area contributed by atoms with Gasteiger partial charge >= 0.3 is 6.18 Å². The highest BCUT2D eigenvalue weighted by Gasteiger charge is 2.35. The van der Waals surface area contributed by atoms with Gasteiger partial charge in [0.15, 0.2) is 21.3 Å². The minimum atomic E-state index is -4.65. The van der Waals surface area contributed by atoms with Crippen molar-refractivity contribution in [2.75, 3.05) is 13.4 Å². The molecule has 0 saturated heterocycles. The highest BCUT2D eigenvalue weighted by Crippen LogP contribution is 2.35. The van der Waals surface area contributed by atoms with E-state index in [0.29, 0.717) is 16.9 Å². The average Bonchev–Trinajstić information content (AvgIpc) is 3.06. The van der Waals surface area contributed by atoms with Gasteiger partial charge in [0.1, 0.15) is 5.75 Å². The number of pyridine rings is 1. The molecule has 0 fully saturated rings. The lowest BCUT2D eigenvalue weighted by molar-refractivity contribution is -0.141. The number of halogens is 3. The van der Waals surface area contributed by atoms with Crippen molar-refractivity contribution >= 4 is 9.84 Å². The Balaban J connectivity index is 2.19. The maximum absolute atomic E-state index is 13.3. The molecule has 0 bridgehead atoms. The molecule has 0 N–H and O–H groups in total. The van der Waals surface area contributed by atoms with Crippen molar-refractivity contribution < 1.29 is 26.3 Å². The Kier molecular flexibility index (Phi) is 4.92.